The molecule has 0 atom stereocenters. The minimum atomic E-state index is -3.68. The summed E-state index contributed by atoms with van der Waals surface area (Å²) in [6.45, 7) is -0.0226. The van der Waals surface area contributed by atoms with Gasteiger partial charge in [-0.1, -0.05) is 29.1 Å². The van der Waals surface area contributed by atoms with Crippen molar-refractivity contribution in [3.8, 4) is 12.3 Å². The quantitative estimate of drug-likeness (QED) is 0.795. The Hall–Kier alpha value is -0.730. The van der Waals surface area contributed by atoms with Crippen LogP contribution in [-0.2, 0) is 10.0 Å². The van der Waals surface area contributed by atoms with Crippen LogP contribution >= 0.6 is 23.2 Å². The highest BCUT2D eigenvalue weighted by Gasteiger charge is 2.23. The van der Waals surface area contributed by atoms with Crippen molar-refractivity contribution in [3.05, 3.63) is 28.2 Å². The number of rotatable bonds is 3. The normalized spacial score (nSPS) is 11.4. The first-order chi connectivity index (χ1) is 7.39. The van der Waals surface area contributed by atoms with E-state index in [1.165, 1.54) is 25.2 Å². The Bertz CT molecular complexity index is 534. The lowest BCUT2D eigenvalue weighted by Crippen LogP contribution is -2.27. The average molecular weight is 278 g/mol. The molecule has 3 nitrogen and oxygen atoms in total. The van der Waals surface area contributed by atoms with Crippen molar-refractivity contribution in [1.82, 2.24) is 4.31 Å². The Labute approximate surface area is 105 Å². The lowest BCUT2D eigenvalue weighted by atomic mass is 10.4. The van der Waals surface area contributed by atoms with E-state index in [-0.39, 0.29) is 16.5 Å². The summed E-state index contributed by atoms with van der Waals surface area (Å²) in [6.07, 6.45) is 5.06. The monoisotopic (exact) mass is 277 g/mol. The Morgan fingerprint density at radius 1 is 1.44 bits per heavy atom. The van der Waals surface area contributed by atoms with Crippen LogP contribution in [-0.4, -0.2) is 26.3 Å². The minimum Gasteiger partial charge on any atom is -0.207 e. The molecule has 1 rings (SSSR count). The molecule has 0 aliphatic carbocycles. The molecular weight excluding hydrogens is 269 g/mol. The van der Waals surface area contributed by atoms with E-state index in [1.807, 2.05) is 0 Å². The third-order valence-corrected chi connectivity index (χ3v) is 4.42. The fourth-order valence-electron chi connectivity index (χ4n) is 1.06. The summed E-state index contributed by atoms with van der Waals surface area (Å²) < 4.78 is 25.0. The summed E-state index contributed by atoms with van der Waals surface area (Å²) in [4.78, 5) is -0.0422. The third kappa shape index (κ3) is 2.69. The van der Waals surface area contributed by atoms with Gasteiger partial charge in [0.15, 0.2) is 0 Å². The molecule has 0 unspecified atom stereocenters. The highest BCUT2D eigenvalue weighted by atomic mass is 35.5. The molecule has 0 fully saturated rings. The first kappa shape index (κ1) is 13.3. The first-order valence-corrected chi connectivity index (χ1v) is 6.44. The third-order valence-electron chi connectivity index (χ3n) is 1.90. The van der Waals surface area contributed by atoms with Crippen molar-refractivity contribution in [2.45, 2.75) is 4.90 Å². The zero-order valence-electron chi connectivity index (χ0n) is 8.44. The smallest absolute Gasteiger partial charge is 0.207 e. The number of hydrogen-bond donors (Lipinski definition) is 0. The molecule has 16 heavy (non-hydrogen) atoms. The van der Waals surface area contributed by atoms with Crippen molar-refractivity contribution in [2.75, 3.05) is 13.6 Å². The second kappa shape index (κ2) is 5.07. The van der Waals surface area contributed by atoms with Gasteiger partial charge in [0.25, 0.3) is 0 Å². The maximum absolute atomic E-state index is 12.0. The van der Waals surface area contributed by atoms with Crippen LogP contribution in [0.1, 0.15) is 0 Å². The number of hydrogen-bond acceptors (Lipinski definition) is 2. The standard InChI is InChI=1S/C10H9Cl2NO2S/c1-3-6-13(2)16(14,15)10-7-8(11)4-5-9(10)12/h1,4-5,7H,6H2,2H3. The van der Waals surface area contributed by atoms with Crippen LogP contribution in [0.3, 0.4) is 0 Å². The van der Waals surface area contributed by atoms with Crippen LogP contribution < -0.4 is 0 Å². The van der Waals surface area contributed by atoms with Crippen LogP contribution in [0, 0.1) is 12.3 Å². The van der Waals surface area contributed by atoms with E-state index in [9.17, 15) is 8.42 Å². The molecule has 1 aromatic rings. The van der Waals surface area contributed by atoms with Crippen LogP contribution in [0.2, 0.25) is 10.0 Å². The Kier molecular flexibility index (Phi) is 4.22. The highest BCUT2D eigenvalue weighted by Crippen LogP contribution is 2.26. The van der Waals surface area contributed by atoms with Gasteiger partial charge in [-0.3, -0.25) is 0 Å². The van der Waals surface area contributed by atoms with Gasteiger partial charge in [0.2, 0.25) is 10.0 Å². The van der Waals surface area contributed by atoms with Crippen molar-refractivity contribution in [2.24, 2.45) is 0 Å². The van der Waals surface area contributed by atoms with Gasteiger partial charge in [-0.2, -0.15) is 4.31 Å². The molecule has 0 saturated heterocycles. The molecule has 0 aliphatic heterocycles. The van der Waals surface area contributed by atoms with Crippen LogP contribution in [0.15, 0.2) is 23.1 Å². The van der Waals surface area contributed by atoms with E-state index in [0.717, 1.165) is 4.31 Å². The predicted octanol–water partition coefficient (Wildman–Crippen LogP) is 2.25. The summed E-state index contributed by atoms with van der Waals surface area (Å²) >= 11 is 11.5. The number of terminal acetylenes is 1. The van der Waals surface area contributed by atoms with E-state index >= 15 is 0 Å². The Balaban J connectivity index is 3.28. The van der Waals surface area contributed by atoms with Gasteiger partial charge in [-0.05, 0) is 18.2 Å². The molecule has 0 radical (unpaired) electrons. The van der Waals surface area contributed by atoms with Gasteiger partial charge >= 0.3 is 0 Å². The summed E-state index contributed by atoms with van der Waals surface area (Å²) in [5, 5.41) is 0.422. The molecule has 0 heterocycles. The molecule has 0 bridgehead atoms. The molecule has 6 heteroatoms. The van der Waals surface area contributed by atoms with E-state index < -0.39 is 10.0 Å². The van der Waals surface area contributed by atoms with E-state index in [4.69, 9.17) is 29.6 Å². The molecule has 1 aromatic carbocycles. The zero-order chi connectivity index (χ0) is 12.3. The van der Waals surface area contributed by atoms with E-state index in [2.05, 4.69) is 5.92 Å². The topological polar surface area (TPSA) is 37.4 Å². The SMILES string of the molecule is C#CCN(C)S(=O)(=O)c1cc(Cl)ccc1Cl. The molecule has 86 valence electrons. The number of nitrogens with zero attached hydrogens (tertiary/aromatic N) is 1. The molecule has 0 N–H and O–H groups in total. The molecular formula is C10H9Cl2NO2S. The molecule has 0 amide bonds. The summed E-state index contributed by atoms with van der Waals surface area (Å²) in [5.74, 6) is 2.25. The molecule has 0 aliphatic rings. The second-order valence-electron chi connectivity index (χ2n) is 3.04. The molecule has 0 aromatic heterocycles. The fourth-order valence-corrected chi connectivity index (χ4v) is 2.87. The van der Waals surface area contributed by atoms with Crippen LogP contribution in [0.4, 0.5) is 0 Å². The van der Waals surface area contributed by atoms with Crippen molar-refractivity contribution < 1.29 is 8.42 Å². The Morgan fingerprint density at radius 2 is 2.06 bits per heavy atom. The zero-order valence-corrected chi connectivity index (χ0v) is 10.8. The summed E-state index contributed by atoms with van der Waals surface area (Å²) in [6, 6.07) is 4.25. The Morgan fingerprint density at radius 3 is 2.62 bits per heavy atom. The van der Waals surface area contributed by atoms with Gasteiger partial charge in [0, 0.05) is 12.1 Å². The van der Waals surface area contributed by atoms with Crippen LogP contribution in [0.5, 0.6) is 0 Å². The highest BCUT2D eigenvalue weighted by molar-refractivity contribution is 7.89. The van der Waals surface area contributed by atoms with E-state index in [0.29, 0.717) is 5.02 Å². The van der Waals surface area contributed by atoms with E-state index in [1.54, 1.807) is 0 Å². The molecule has 0 spiro atoms. The average Bonchev–Trinajstić information content (AvgIpc) is 2.22. The van der Waals surface area contributed by atoms with Gasteiger partial charge in [0.1, 0.15) is 4.90 Å². The van der Waals surface area contributed by atoms with Crippen molar-refractivity contribution in [1.29, 1.82) is 0 Å². The first-order valence-electron chi connectivity index (χ1n) is 4.24. The number of halogens is 2. The van der Waals surface area contributed by atoms with Gasteiger partial charge in [-0.15, -0.1) is 6.42 Å². The minimum absolute atomic E-state index is 0.0226. The van der Waals surface area contributed by atoms with Gasteiger partial charge in [0.05, 0.1) is 11.6 Å². The van der Waals surface area contributed by atoms with Crippen LogP contribution in [0.25, 0.3) is 0 Å². The number of sulfonamides is 1. The van der Waals surface area contributed by atoms with Crippen molar-refractivity contribution >= 4 is 33.2 Å². The predicted molar refractivity (Wildman–Crippen MR) is 65.1 cm³/mol. The summed E-state index contributed by atoms with van der Waals surface area (Å²) in [7, 11) is -2.30. The lowest BCUT2D eigenvalue weighted by molar-refractivity contribution is 0.503. The maximum Gasteiger partial charge on any atom is 0.245 e. The largest absolute Gasteiger partial charge is 0.245 e. The fraction of sp³-hybridized carbons (Fsp3) is 0.200. The van der Waals surface area contributed by atoms with Gasteiger partial charge in [-0.25, -0.2) is 8.42 Å². The van der Waals surface area contributed by atoms with Crippen molar-refractivity contribution in [3.63, 3.8) is 0 Å². The maximum atomic E-state index is 12.0. The lowest BCUT2D eigenvalue weighted by Gasteiger charge is -2.15. The van der Waals surface area contributed by atoms with Gasteiger partial charge < -0.3 is 0 Å². The molecule has 0 saturated carbocycles. The number of benzene rings is 1. The second-order valence-corrected chi connectivity index (χ2v) is 5.90. The summed E-state index contributed by atoms with van der Waals surface area (Å²) in [5.41, 5.74) is 0.